The average Bonchev–Trinajstić information content (AvgIpc) is 3.44. The predicted molar refractivity (Wildman–Crippen MR) is 201 cm³/mol. The summed E-state index contributed by atoms with van der Waals surface area (Å²) in [6, 6.07) is 43.1. The van der Waals surface area contributed by atoms with Gasteiger partial charge in [0, 0.05) is 34.4 Å². The smallest absolute Gasteiger partial charge is 0.148 e. The highest BCUT2D eigenvalue weighted by Crippen LogP contribution is 2.62. The first-order valence-corrected chi connectivity index (χ1v) is 17.7. The summed E-state index contributed by atoms with van der Waals surface area (Å²) >= 11 is 0. The van der Waals surface area contributed by atoms with Gasteiger partial charge in [0.2, 0.25) is 0 Å². The minimum atomic E-state index is -0.705. The number of para-hydroxylation sites is 4. The van der Waals surface area contributed by atoms with E-state index in [4.69, 9.17) is 14.2 Å². The summed E-state index contributed by atoms with van der Waals surface area (Å²) in [5, 5.41) is 0. The Morgan fingerprint density at radius 1 is 0.480 bits per heavy atom. The van der Waals surface area contributed by atoms with Gasteiger partial charge in [-0.2, -0.15) is 0 Å². The maximum atomic E-state index is 7.40. The van der Waals surface area contributed by atoms with Gasteiger partial charge >= 0.3 is 0 Å². The molecule has 4 aliphatic rings. The van der Waals surface area contributed by atoms with Crippen molar-refractivity contribution in [3.05, 3.63) is 171 Å². The van der Waals surface area contributed by atoms with Crippen molar-refractivity contribution in [3.8, 4) is 11.5 Å². The van der Waals surface area contributed by atoms with E-state index < -0.39 is 16.8 Å². The molecule has 4 heteroatoms. The van der Waals surface area contributed by atoms with Crippen LogP contribution in [0.1, 0.15) is 76.3 Å². The number of rotatable bonds is 3. The van der Waals surface area contributed by atoms with E-state index in [1.165, 1.54) is 39.0 Å². The summed E-state index contributed by atoms with van der Waals surface area (Å²) in [5.41, 5.74) is 11.9. The molecule has 0 saturated heterocycles. The summed E-state index contributed by atoms with van der Waals surface area (Å²) in [6.45, 7) is 15.5. The lowest BCUT2D eigenvalue weighted by Crippen LogP contribution is -2.39. The molecular weight excluding hydrogens is 615 g/mol. The first kappa shape index (κ1) is 31.1. The fraction of sp³-hybridized carbons (Fsp3) is 0.261. The minimum Gasteiger partial charge on any atom is -0.457 e. The Labute approximate surface area is 295 Å². The van der Waals surface area contributed by atoms with Crippen LogP contribution in [-0.2, 0) is 27.1 Å². The van der Waals surface area contributed by atoms with E-state index in [1.807, 2.05) is 24.3 Å². The maximum absolute atomic E-state index is 7.40. The largest absolute Gasteiger partial charge is 0.457 e. The van der Waals surface area contributed by atoms with E-state index in [-0.39, 0.29) is 5.60 Å². The Bertz CT molecular complexity index is 2180. The van der Waals surface area contributed by atoms with E-state index in [9.17, 15) is 0 Å². The Morgan fingerprint density at radius 3 is 1.46 bits per heavy atom. The van der Waals surface area contributed by atoms with Crippen LogP contribution in [0.2, 0.25) is 0 Å². The van der Waals surface area contributed by atoms with Gasteiger partial charge in [-0.1, -0.05) is 84.9 Å². The molecule has 5 aromatic carbocycles. The quantitative estimate of drug-likeness (QED) is 0.181. The molecule has 1 atom stereocenters. The molecule has 0 aromatic heterocycles. The van der Waals surface area contributed by atoms with Gasteiger partial charge < -0.3 is 19.1 Å². The first-order valence-electron chi connectivity index (χ1n) is 17.7. The van der Waals surface area contributed by atoms with Gasteiger partial charge in [-0.3, -0.25) is 0 Å². The number of anilines is 3. The van der Waals surface area contributed by atoms with Crippen LogP contribution in [0.5, 0.6) is 11.5 Å². The van der Waals surface area contributed by atoms with Gasteiger partial charge in [0.1, 0.15) is 22.7 Å². The minimum absolute atomic E-state index is 0.370. The van der Waals surface area contributed by atoms with Crippen molar-refractivity contribution >= 4 is 17.1 Å². The van der Waals surface area contributed by atoms with E-state index in [2.05, 4.69) is 150 Å². The Morgan fingerprint density at radius 2 is 0.940 bits per heavy atom. The van der Waals surface area contributed by atoms with Crippen molar-refractivity contribution in [3.63, 3.8) is 0 Å². The van der Waals surface area contributed by atoms with Crippen LogP contribution in [0.15, 0.2) is 144 Å². The van der Waals surface area contributed by atoms with Crippen LogP contribution in [0.4, 0.5) is 17.1 Å². The summed E-state index contributed by atoms with van der Waals surface area (Å²) in [6.07, 6.45) is 0.742. The highest BCUT2D eigenvalue weighted by atomic mass is 16.5. The maximum Gasteiger partial charge on any atom is 0.148 e. The SMILES string of the molecule is CC1=C(C)C2(OC1(C)C)c1ccccc1N(c1ccc(CC3(C)OC4(C(C)=C3C)c3ccccc3Oc3ccccc34)cc1)c1ccccc12. The third kappa shape index (κ3) is 4.01. The molecule has 0 N–H and O–H groups in total. The number of benzene rings is 5. The van der Waals surface area contributed by atoms with Gasteiger partial charge in [-0.15, -0.1) is 0 Å². The summed E-state index contributed by atoms with van der Waals surface area (Å²) in [5.74, 6) is 1.70. The zero-order valence-corrected chi connectivity index (χ0v) is 29.9. The topological polar surface area (TPSA) is 30.9 Å². The van der Waals surface area contributed by atoms with Crippen molar-refractivity contribution in [1.82, 2.24) is 0 Å². The molecule has 1 unspecified atom stereocenters. The molecule has 0 radical (unpaired) electrons. The number of fused-ring (bicyclic) bond motifs is 8. The first-order chi connectivity index (χ1) is 24.0. The van der Waals surface area contributed by atoms with Gasteiger partial charge in [0.25, 0.3) is 0 Å². The number of hydrogen-bond donors (Lipinski definition) is 0. The average molecular weight is 658 g/mol. The lowest BCUT2D eigenvalue weighted by atomic mass is 9.75. The second-order valence-electron chi connectivity index (χ2n) is 15.1. The van der Waals surface area contributed by atoms with Crippen LogP contribution < -0.4 is 9.64 Å². The molecule has 0 aliphatic carbocycles. The predicted octanol–water partition coefficient (Wildman–Crippen LogP) is 11.6. The lowest BCUT2D eigenvalue weighted by molar-refractivity contribution is -0.0719. The van der Waals surface area contributed by atoms with Gasteiger partial charge in [-0.05, 0) is 113 Å². The summed E-state index contributed by atoms with van der Waals surface area (Å²) < 4.78 is 20.9. The highest BCUT2D eigenvalue weighted by Gasteiger charge is 2.56. The molecule has 4 aliphatic heterocycles. The van der Waals surface area contributed by atoms with Crippen LogP contribution in [-0.4, -0.2) is 11.2 Å². The lowest BCUT2D eigenvalue weighted by Gasteiger charge is -2.45. The second kappa shape index (κ2) is 10.6. The van der Waals surface area contributed by atoms with Crippen molar-refractivity contribution in [2.75, 3.05) is 4.90 Å². The normalized spacial score (nSPS) is 21.9. The van der Waals surface area contributed by atoms with E-state index in [1.54, 1.807) is 0 Å². The Kier molecular flexibility index (Phi) is 6.57. The third-order valence-corrected chi connectivity index (χ3v) is 12.2. The van der Waals surface area contributed by atoms with E-state index in [0.717, 1.165) is 46.1 Å². The molecule has 5 aromatic rings. The molecule has 250 valence electrons. The summed E-state index contributed by atoms with van der Waals surface area (Å²) in [7, 11) is 0. The number of hydrogen-bond acceptors (Lipinski definition) is 4. The highest BCUT2D eigenvalue weighted by molar-refractivity contribution is 5.87. The molecule has 0 fully saturated rings. The Hall–Kier alpha value is -4.90. The Balaban J connectivity index is 1.10. The number of ether oxygens (including phenoxy) is 3. The zero-order chi connectivity index (χ0) is 34.6. The van der Waals surface area contributed by atoms with E-state index >= 15 is 0 Å². The summed E-state index contributed by atoms with van der Waals surface area (Å²) in [4.78, 5) is 2.39. The molecule has 0 amide bonds. The third-order valence-electron chi connectivity index (χ3n) is 12.2. The monoisotopic (exact) mass is 657 g/mol. The molecule has 2 spiro atoms. The molecule has 4 nitrogen and oxygen atoms in total. The second-order valence-corrected chi connectivity index (χ2v) is 15.1. The fourth-order valence-electron chi connectivity index (χ4n) is 9.19. The van der Waals surface area contributed by atoms with Crippen molar-refractivity contribution in [2.24, 2.45) is 0 Å². The molecule has 0 saturated carbocycles. The van der Waals surface area contributed by atoms with E-state index in [0.29, 0.717) is 0 Å². The molecular formula is C46H43NO3. The van der Waals surface area contributed by atoms with Crippen LogP contribution in [0.3, 0.4) is 0 Å². The van der Waals surface area contributed by atoms with Crippen molar-refractivity contribution < 1.29 is 14.2 Å². The fourth-order valence-corrected chi connectivity index (χ4v) is 9.19. The van der Waals surface area contributed by atoms with Crippen LogP contribution in [0, 0.1) is 0 Å². The standard InChI is InChI=1S/C46H43NO3/c1-29-31(3)45(49-43(29,5)6)35-16-8-12-20-39(35)47(40-21-13-9-17-36(40)45)34-26-24-33(25-27-34)28-44(7)30(2)32(4)46(50-44)37-18-10-14-22-41(37)48-42-23-15-11-19-38(42)46/h8-27H,28H2,1-7H3. The zero-order valence-electron chi connectivity index (χ0n) is 29.9. The van der Waals surface area contributed by atoms with Crippen molar-refractivity contribution in [2.45, 2.75) is 77.3 Å². The van der Waals surface area contributed by atoms with Crippen LogP contribution >= 0.6 is 0 Å². The molecule has 4 heterocycles. The van der Waals surface area contributed by atoms with Crippen LogP contribution in [0.25, 0.3) is 0 Å². The van der Waals surface area contributed by atoms with Gasteiger partial charge in [0.05, 0.1) is 22.6 Å². The molecule has 0 bridgehead atoms. The van der Waals surface area contributed by atoms with Gasteiger partial charge in [0.15, 0.2) is 0 Å². The molecule has 9 rings (SSSR count). The molecule has 50 heavy (non-hydrogen) atoms. The number of nitrogens with zero attached hydrogens (tertiary/aromatic N) is 1. The van der Waals surface area contributed by atoms with Gasteiger partial charge in [-0.25, -0.2) is 0 Å². The van der Waals surface area contributed by atoms with Crippen molar-refractivity contribution in [1.29, 1.82) is 0 Å².